The highest BCUT2D eigenvalue weighted by atomic mass is 35.5. The van der Waals surface area contributed by atoms with Gasteiger partial charge in [0.15, 0.2) is 0 Å². The zero-order valence-corrected chi connectivity index (χ0v) is 11.9. The number of aromatic nitrogens is 2. The van der Waals surface area contributed by atoms with E-state index < -0.39 is 19.2 Å². The Kier molecular flexibility index (Phi) is 5.20. The van der Waals surface area contributed by atoms with Crippen molar-refractivity contribution < 1.29 is 26.5 Å². The summed E-state index contributed by atoms with van der Waals surface area (Å²) in [6.45, 7) is 0. The standard InChI is InChI=1S/C13H7BClF5N2O/c15-12-6-10(21-7-22-12)5-11(23-14(19)20)8-1-3-9(4-2-8)13(16,17)18/h1-7H/b11-5-. The molecule has 0 aliphatic heterocycles. The largest absolute Gasteiger partial charge is 0.796 e. The molecule has 10 heteroatoms. The smallest absolute Gasteiger partial charge is 0.505 e. The van der Waals surface area contributed by atoms with Crippen LogP contribution in [-0.2, 0) is 10.8 Å². The fourth-order valence-corrected chi connectivity index (χ4v) is 1.82. The van der Waals surface area contributed by atoms with E-state index in [9.17, 15) is 21.8 Å². The first-order valence-electron chi connectivity index (χ1n) is 6.07. The van der Waals surface area contributed by atoms with Gasteiger partial charge in [-0.25, -0.2) is 18.6 Å². The second-order valence-electron chi connectivity index (χ2n) is 4.23. The maximum atomic E-state index is 12.5. The first-order chi connectivity index (χ1) is 10.8. The molecule has 0 saturated carbocycles. The van der Waals surface area contributed by atoms with Crippen molar-refractivity contribution in [2.24, 2.45) is 0 Å². The van der Waals surface area contributed by atoms with Crippen LogP contribution < -0.4 is 0 Å². The van der Waals surface area contributed by atoms with E-state index in [-0.39, 0.29) is 22.2 Å². The van der Waals surface area contributed by atoms with Gasteiger partial charge in [0.2, 0.25) is 0 Å². The predicted molar refractivity (Wildman–Crippen MR) is 75.4 cm³/mol. The maximum absolute atomic E-state index is 12.5. The lowest BCUT2D eigenvalue weighted by atomic mass is 10.1. The van der Waals surface area contributed by atoms with E-state index >= 15 is 0 Å². The molecule has 1 heterocycles. The lowest BCUT2D eigenvalue weighted by Crippen LogP contribution is -2.06. The van der Waals surface area contributed by atoms with Crippen molar-refractivity contribution in [3.8, 4) is 0 Å². The van der Waals surface area contributed by atoms with Gasteiger partial charge < -0.3 is 4.65 Å². The Balaban J connectivity index is 2.39. The number of halogens is 6. The molecule has 0 amide bonds. The summed E-state index contributed by atoms with van der Waals surface area (Å²) in [6, 6.07) is 4.88. The minimum absolute atomic E-state index is 0.0352. The normalized spacial score (nSPS) is 12.2. The second-order valence-corrected chi connectivity index (χ2v) is 4.62. The fraction of sp³-hybridized carbons (Fsp3) is 0.0769. The molecule has 1 aromatic carbocycles. The molecule has 0 fully saturated rings. The number of benzene rings is 1. The van der Waals surface area contributed by atoms with Gasteiger partial charge in [0.1, 0.15) is 17.2 Å². The van der Waals surface area contributed by atoms with E-state index in [4.69, 9.17) is 11.6 Å². The van der Waals surface area contributed by atoms with Crippen LogP contribution in [-0.4, -0.2) is 17.4 Å². The number of hydrogen-bond acceptors (Lipinski definition) is 3. The van der Waals surface area contributed by atoms with Gasteiger partial charge in [-0.3, -0.25) is 0 Å². The van der Waals surface area contributed by atoms with Crippen molar-refractivity contribution >= 4 is 30.9 Å². The van der Waals surface area contributed by atoms with E-state index in [1.807, 2.05) is 0 Å². The lowest BCUT2D eigenvalue weighted by Gasteiger charge is -2.11. The summed E-state index contributed by atoms with van der Waals surface area (Å²) < 4.78 is 67.0. The van der Waals surface area contributed by atoms with Crippen LogP contribution in [0.2, 0.25) is 5.15 Å². The Bertz CT molecular complexity index is 706. The minimum Gasteiger partial charge on any atom is -0.505 e. The van der Waals surface area contributed by atoms with E-state index in [2.05, 4.69) is 14.6 Å². The molecule has 0 bridgehead atoms. The SMILES string of the molecule is FB(F)O/C(=C\c1cc(Cl)ncn1)c1ccc(C(F)(F)F)cc1. The van der Waals surface area contributed by atoms with Gasteiger partial charge in [0.25, 0.3) is 0 Å². The zero-order chi connectivity index (χ0) is 17.0. The molecule has 0 N–H and O–H groups in total. The average Bonchev–Trinajstić information content (AvgIpc) is 2.45. The van der Waals surface area contributed by atoms with Crippen LogP contribution in [0.4, 0.5) is 21.8 Å². The summed E-state index contributed by atoms with van der Waals surface area (Å²) in [5, 5.41) is 0.0788. The Morgan fingerprint density at radius 2 is 1.78 bits per heavy atom. The van der Waals surface area contributed by atoms with Crippen LogP contribution in [0.15, 0.2) is 36.7 Å². The van der Waals surface area contributed by atoms with E-state index in [1.54, 1.807) is 0 Å². The van der Waals surface area contributed by atoms with E-state index in [0.717, 1.165) is 36.7 Å². The molecule has 0 atom stereocenters. The summed E-state index contributed by atoms with van der Waals surface area (Å²) in [6.07, 6.45) is -2.28. The van der Waals surface area contributed by atoms with Crippen molar-refractivity contribution in [2.75, 3.05) is 0 Å². The quantitative estimate of drug-likeness (QED) is 0.351. The molecular formula is C13H7BClF5N2O. The molecule has 0 aliphatic rings. The molecule has 23 heavy (non-hydrogen) atoms. The molecule has 0 spiro atoms. The van der Waals surface area contributed by atoms with Crippen LogP contribution in [0.1, 0.15) is 16.8 Å². The van der Waals surface area contributed by atoms with Gasteiger partial charge >= 0.3 is 13.6 Å². The Morgan fingerprint density at radius 1 is 1.13 bits per heavy atom. The molecule has 0 radical (unpaired) electrons. The van der Waals surface area contributed by atoms with Gasteiger partial charge in [-0.15, -0.1) is 0 Å². The Hall–Kier alpha value is -2.16. The molecule has 3 nitrogen and oxygen atoms in total. The van der Waals surface area contributed by atoms with Crippen LogP contribution >= 0.6 is 11.6 Å². The highest BCUT2D eigenvalue weighted by Gasteiger charge is 2.30. The first kappa shape index (κ1) is 17.2. The van der Waals surface area contributed by atoms with Crippen molar-refractivity contribution in [3.05, 3.63) is 58.6 Å². The topological polar surface area (TPSA) is 35.0 Å². The van der Waals surface area contributed by atoms with Crippen molar-refractivity contribution in [2.45, 2.75) is 6.18 Å². The predicted octanol–water partition coefficient (Wildman–Crippen LogP) is 4.59. The molecule has 2 aromatic rings. The third-order valence-electron chi connectivity index (χ3n) is 2.65. The van der Waals surface area contributed by atoms with Gasteiger partial charge in [0, 0.05) is 17.7 Å². The molecule has 0 aliphatic carbocycles. The zero-order valence-electron chi connectivity index (χ0n) is 11.2. The van der Waals surface area contributed by atoms with Crippen LogP contribution in [0.25, 0.3) is 11.8 Å². The summed E-state index contributed by atoms with van der Waals surface area (Å²) in [7, 11) is -3.15. The third-order valence-corrected chi connectivity index (χ3v) is 2.85. The van der Waals surface area contributed by atoms with E-state index in [1.165, 1.54) is 6.07 Å². The molecule has 120 valence electrons. The summed E-state index contributed by atoms with van der Waals surface area (Å²) in [5.41, 5.74) is -0.698. The summed E-state index contributed by atoms with van der Waals surface area (Å²) in [4.78, 5) is 7.42. The molecule has 2 rings (SSSR count). The number of rotatable bonds is 4. The lowest BCUT2D eigenvalue weighted by molar-refractivity contribution is -0.137. The molecule has 0 saturated heterocycles. The van der Waals surface area contributed by atoms with E-state index in [0.29, 0.717) is 0 Å². The highest BCUT2D eigenvalue weighted by molar-refractivity contribution is 6.36. The van der Waals surface area contributed by atoms with Gasteiger partial charge in [-0.2, -0.15) is 13.2 Å². The average molecular weight is 348 g/mol. The van der Waals surface area contributed by atoms with Gasteiger partial charge in [-0.05, 0) is 12.1 Å². The maximum Gasteiger partial charge on any atom is 0.796 e. The summed E-state index contributed by atoms with van der Waals surface area (Å²) >= 11 is 5.66. The Labute approximate surface area is 133 Å². The highest BCUT2D eigenvalue weighted by Crippen LogP contribution is 2.30. The number of alkyl halides is 3. The van der Waals surface area contributed by atoms with Crippen molar-refractivity contribution in [3.63, 3.8) is 0 Å². The monoisotopic (exact) mass is 348 g/mol. The van der Waals surface area contributed by atoms with Crippen molar-refractivity contribution in [1.29, 1.82) is 0 Å². The van der Waals surface area contributed by atoms with Crippen molar-refractivity contribution in [1.82, 2.24) is 9.97 Å². The van der Waals surface area contributed by atoms with Crippen LogP contribution in [0.5, 0.6) is 0 Å². The minimum atomic E-state index is -4.52. The van der Waals surface area contributed by atoms with Crippen LogP contribution in [0.3, 0.4) is 0 Å². The molecular weight excluding hydrogens is 341 g/mol. The third kappa shape index (κ3) is 4.92. The Morgan fingerprint density at radius 3 is 2.30 bits per heavy atom. The molecule has 1 aromatic heterocycles. The number of nitrogens with zero attached hydrogens (tertiary/aromatic N) is 2. The summed E-state index contributed by atoms with van der Waals surface area (Å²) in [5.74, 6) is -0.344. The molecule has 0 unspecified atom stereocenters. The fourth-order valence-electron chi connectivity index (χ4n) is 1.67. The van der Waals surface area contributed by atoms with Gasteiger partial charge in [0.05, 0.1) is 11.3 Å². The van der Waals surface area contributed by atoms with Crippen LogP contribution in [0, 0.1) is 0 Å². The second kappa shape index (κ2) is 6.95. The van der Waals surface area contributed by atoms with Gasteiger partial charge in [-0.1, -0.05) is 23.7 Å². The first-order valence-corrected chi connectivity index (χ1v) is 6.45. The number of hydrogen-bond donors (Lipinski definition) is 0.